The maximum absolute atomic E-state index is 12.2. The molecule has 0 amide bonds. The van der Waals surface area contributed by atoms with Gasteiger partial charge in [-0.2, -0.15) is 5.10 Å². The van der Waals surface area contributed by atoms with Gasteiger partial charge >= 0.3 is 0 Å². The molecule has 1 atom stereocenters. The van der Waals surface area contributed by atoms with Crippen molar-refractivity contribution in [1.29, 1.82) is 0 Å². The van der Waals surface area contributed by atoms with Crippen LogP contribution in [0.25, 0.3) is 0 Å². The maximum atomic E-state index is 12.2. The van der Waals surface area contributed by atoms with Crippen molar-refractivity contribution in [3.05, 3.63) is 18.0 Å². The smallest absolute Gasteiger partial charge is 0.197 e. The number of nitrogens with zero attached hydrogens (tertiary/aromatic N) is 2. The molecule has 0 aromatic carbocycles. The first kappa shape index (κ1) is 11.3. The van der Waals surface area contributed by atoms with Gasteiger partial charge < -0.3 is 5.32 Å². The highest BCUT2D eigenvalue weighted by atomic mass is 16.1. The third-order valence-corrected chi connectivity index (χ3v) is 3.03. The van der Waals surface area contributed by atoms with Crippen molar-refractivity contribution in [2.75, 3.05) is 6.54 Å². The summed E-state index contributed by atoms with van der Waals surface area (Å²) in [6.07, 6.45) is 5.99. The lowest BCUT2D eigenvalue weighted by Gasteiger charge is -2.22. The van der Waals surface area contributed by atoms with E-state index in [-0.39, 0.29) is 11.8 Å². The normalized spacial score (nSPS) is 20.9. The molecule has 0 saturated carbocycles. The molecule has 4 nitrogen and oxygen atoms in total. The van der Waals surface area contributed by atoms with Gasteiger partial charge in [0.15, 0.2) is 5.78 Å². The van der Waals surface area contributed by atoms with Crippen LogP contribution >= 0.6 is 0 Å². The van der Waals surface area contributed by atoms with Gasteiger partial charge in [-0.25, -0.2) is 0 Å². The molecule has 88 valence electrons. The van der Waals surface area contributed by atoms with Crippen LogP contribution in [-0.2, 0) is 6.54 Å². The van der Waals surface area contributed by atoms with E-state index in [0.717, 1.165) is 38.0 Å². The second kappa shape index (κ2) is 5.25. The van der Waals surface area contributed by atoms with E-state index in [1.54, 1.807) is 6.20 Å². The fraction of sp³-hybridized carbons (Fsp3) is 0.667. The van der Waals surface area contributed by atoms with E-state index < -0.39 is 0 Å². The average molecular weight is 221 g/mol. The first-order chi connectivity index (χ1) is 7.83. The first-order valence-electron chi connectivity index (χ1n) is 6.12. The van der Waals surface area contributed by atoms with Crippen LogP contribution < -0.4 is 5.32 Å². The fourth-order valence-corrected chi connectivity index (χ4v) is 2.19. The zero-order valence-corrected chi connectivity index (χ0v) is 9.78. The molecule has 1 aliphatic rings. The van der Waals surface area contributed by atoms with Gasteiger partial charge in [0.2, 0.25) is 0 Å². The van der Waals surface area contributed by atoms with Crippen molar-refractivity contribution >= 4 is 5.78 Å². The monoisotopic (exact) mass is 221 g/mol. The summed E-state index contributed by atoms with van der Waals surface area (Å²) in [7, 11) is 0. The van der Waals surface area contributed by atoms with Crippen molar-refractivity contribution in [2.24, 2.45) is 0 Å². The SMILES string of the molecule is CCCn1nccc1C(=O)C1CCCCN1. The van der Waals surface area contributed by atoms with Crippen molar-refractivity contribution in [1.82, 2.24) is 15.1 Å². The molecule has 1 saturated heterocycles. The maximum Gasteiger partial charge on any atom is 0.197 e. The lowest BCUT2D eigenvalue weighted by Crippen LogP contribution is -2.41. The molecule has 0 bridgehead atoms. The summed E-state index contributed by atoms with van der Waals surface area (Å²) < 4.78 is 1.82. The Morgan fingerprint density at radius 3 is 3.19 bits per heavy atom. The van der Waals surface area contributed by atoms with Crippen molar-refractivity contribution < 1.29 is 4.79 Å². The molecule has 1 fully saturated rings. The molecule has 1 unspecified atom stereocenters. The van der Waals surface area contributed by atoms with Gasteiger partial charge in [-0.05, 0) is 31.9 Å². The van der Waals surface area contributed by atoms with Gasteiger partial charge in [0.1, 0.15) is 5.69 Å². The van der Waals surface area contributed by atoms with Crippen molar-refractivity contribution in [3.8, 4) is 0 Å². The second-order valence-corrected chi connectivity index (χ2v) is 4.31. The van der Waals surface area contributed by atoms with Gasteiger partial charge in [0.25, 0.3) is 0 Å². The van der Waals surface area contributed by atoms with E-state index in [1.807, 2.05) is 10.7 Å². The Bertz CT molecular complexity index is 353. The number of hydrogen-bond donors (Lipinski definition) is 1. The zero-order valence-electron chi connectivity index (χ0n) is 9.78. The Hall–Kier alpha value is -1.16. The van der Waals surface area contributed by atoms with Gasteiger partial charge in [-0.3, -0.25) is 9.48 Å². The molecule has 0 radical (unpaired) electrons. The number of carbonyl (C=O) groups excluding carboxylic acids is 1. The molecule has 2 heterocycles. The highest BCUT2D eigenvalue weighted by Crippen LogP contribution is 2.13. The summed E-state index contributed by atoms with van der Waals surface area (Å²) in [6.45, 7) is 3.87. The third-order valence-electron chi connectivity index (χ3n) is 3.03. The first-order valence-corrected chi connectivity index (χ1v) is 6.12. The average Bonchev–Trinajstić information content (AvgIpc) is 2.78. The summed E-state index contributed by atoms with van der Waals surface area (Å²) in [5, 5.41) is 7.48. The van der Waals surface area contributed by atoms with E-state index >= 15 is 0 Å². The van der Waals surface area contributed by atoms with Crippen molar-refractivity contribution in [2.45, 2.75) is 45.2 Å². The van der Waals surface area contributed by atoms with Crippen LogP contribution in [-0.4, -0.2) is 28.2 Å². The summed E-state index contributed by atoms with van der Waals surface area (Å²) in [6, 6.07) is 1.83. The second-order valence-electron chi connectivity index (χ2n) is 4.31. The molecule has 16 heavy (non-hydrogen) atoms. The Kier molecular flexibility index (Phi) is 3.72. The number of Topliss-reactive ketones (excluding diaryl/α,β-unsaturated/α-hetero) is 1. The van der Waals surface area contributed by atoms with E-state index in [0.29, 0.717) is 0 Å². The van der Waals surface area contributed by atoms with Crippen LogP contribution in [0, 0.1) is 0 Å². The fourth-order valence-electron chi connectivity index (χ4n) is 2.19. The zero-order chi connectivity index (χ0) is 11.4. The highest BCUT2D eigenvalue weighted by Gasteiger charge is 2.24. The van der Waals surface area contributed by atoms with E-state index in [1.165, 1.54) is 6.42 Å². The number of hydrogen-bond acceptors (Lipinski definition) is 3. The highest BCUT2D eigenvalue weighted by molar-refractivity contribution is 5.98. The number of ketones is 1. The van der Waals surface area contributed by atoms with Crippen LogP contribution in [0.5, 0.6) is 0 Å². The summed E-state index contributed by atoms with van der Waals surface area (Å²) in [4.78, 5) is 12.2. The van der Waals surface area contributed by atoms with Crippen LogP contribution in [0.1, 0.15) is 43.1 Å². The molecule has 2 rings (SSSR count). The Balaban J connectivity index is 2.09. The summed E-state index contributed by atoms with van der Waals surface area (Å²) in [5.41, 5.74) is 0.751. The molecule has 1 N–H and O–H groups in total. The number of nitrogens with one attached hydrogen (secondary N) is 1. The standard InChI is InChI=1S/C12H19N3O/c1-2-9-15-11(6-8-14-15)12(16)10-5-3-4-7-13-10/h6,8,10,13H,2-5,7,9H2,1H3. The molecule has 1 aromatic heterocycles. The number of aryl methyl sites for hydroxylation is 1. The van der Waals surface area contributed by atoms with E-state index in [2.05, 4.69) is 17.3 Å². The molecule has 4 heteroatoms. The molecular weight excluding hydrogens is 202 g/mol. The van der Waals surface area contributed by atoms with Crippen molar-refractivity contribution in [3.63, 3.8) is 0 Å². The van der Waals surface area contributed by atoms with Crippen LogP contribution in [0.15, 0.2) is 12.3 Å². The van der Waals surface area contributed by atoms with Crippen LogP contribution in [0.3, 0.4) is 0 Å². The Labute approximate surface area is 96.0 Å². The summed E-state index contributed by atoms with van der Waals surface area (Å²) >= 11 is 0. The predicted octanol–water partition coefficient (Wildman–Crippen LogP) is 1.62. The number of rotatable bonds is 4. The minimum absolute atomic E-state index is 0.000978. The minimum atomic E-state index is 0.000978. The third kappa shape index (κ3) is 2.32. The molecular formula is C12H19N3O. The molecule has 1 aromatic rings. The van der Waals surface area contributed by atoms with Crippen LogP contribution in [0.4, 0.5) is 0 Å². The lowest BCUT2D eigenvalue weighted by atomic mass is 9.99. The minimum Gasteiger partial charge on any atom is -0.307 e. The van der Waals surface area contributed by atoms with E-state index in [9.17, 15) is 4.79 Å². The molecule has 0 aliphatic carbocycles. The Morgan fingerprint density at radius 2 is 2.50 bits per heavy atom. The van der Waals surface area contributed by atoms with Gasteiger partial charge in [0.05, 0.1) is 6.04 Å². The van der Waals surface area contributed by atoms with Gasteiger partial charge in [-0.1, -0.05) is 13.3 Å². The summed E-state index contributed by atoms with van der Waals surface area (Å²) in [5.74, 6) is 0.200. The topological polar surface area (TPSA) is 46.9 Å². The van der Waals surface area contributed by atoms with Gasteiger partial charge in [-0.15, -0.1) is 0 Å². The quantitative estimate of drug-likeness (QED) is 0.786. The number of piperidine rings is 1. The molecule has 0 spiro atoms. The van der Waals surface area contributed by atoms with Crippen LogP contribution in [0.2, 0.25) is 0 Å². The van der Waals surface area contributed by atoms with E-state index in [4.69, 9.17) is 0 Å². The number of carbonyl (C=O) groups is 1. The predicted molar refractivity (Wildman–Crippen MR) is 62.5 cm³/mol. The number of aromatic nitrogens is 2. The lowest BCUT2D eigenvalue weighted by molar-refractivity contribution is 0.0916. The Morgan fingerprint density at radius 1 is 1.62 bits per heavy atom. The largest absolute Gasteiger partial charge is 0.307 e. The van der Waals surface area contributed by atoms with Gasteiger partial charge in [0, 0.05) is 12.7 Å². The molecule has 1 aliphatic heterocycles.